The summed E-state index contributed by atoms with van der Waals surface area (Å²) in [6.45, 7) is 0. The van der Waals surface area contributed by atoms with Crippen molar-refractivity contribution in [2.45, 2.75) is 19.3 Å². The molecular formula is C11H9N3O2. The summed E-state index contributed by atoms with van der Waals surface area (Å²) in [5.41, 5.74) is 0.0831. The molecule has 0 radical (unpaired) electrons. The third kappa shape index (κ3) is 3.39. The van der Waals surface area contributed by atoms with Crippen LogP contribution in [0.1, 0.15) is 25.0 Å². The predicted molar refractivity (Wildman–Crippen MR) is 57.2 cm³/mol. The average molecular weight is 215 g/mol. The molecule has 5 heteroatoms. The maximum Gasteiger partial charge on any atom is 0.303 e. The molecule has 0 N–H and O–H groups in total. The highest BCUT2D eigenvalue weighted by atomic mass is 16.6. The quantitative estimate of drug-likeness (QED) is 0.334. The van der Waals surface area contributed by atoms with Gasteiger partial charge in [-0.25, -0.2) is 4.98 Å². The molecule has 0 spiro atoms. The van der Waals surface area contributed by atoms with Gasteiger partial charge >= 0.3 is 5.69 Å². The summed E-state index contributed by atoms with van der Waals surface area (Å²) in [7, 11) is 0. The van der Waals surface area contributed by atoms with E-state index in [-0.39, 0.29) is 11.4 Å². The normalized spacial score (nSPS) is 8.69. The van der Waals surface area contributed by atoms with E-state index >= 15 is 0 Å². The van der Waals surface area contributed by atoms with E-state index < -0.39 is 4.92 Å². The summed E-state index contributed by atoms with van der Waals surface area (Å²) in [4.78, 5) is 13.9. The summed E-state index contributed by atoms with van der Waals surface area (Å²) in [5, 5.41) is 18.9. The third-order valence-corrected chi connectivity index (χ3v) is 1.78. The lowest BCUT2D eigenvalue weighted by Gasteiger charge is -1.92. The summed E-state index contributed by atoms with van der Waals surface area (Å²) >= 11 is 0. The van der Waals surface area contributed by atoms with Gasteiger partial charge in [-0.1, -0.05) is 5.92 Å². The Hall–Kier alpha value is -2.40. The Morgan fingerprint density at radius 2 is 2.31 bits per heavy atom. The number of pyridine rings is 1. The van der Waals surface area contributed by atoms with Crippen LogP contribution in [0.5, 0.6) is 0 Å². The minimum absolute atomic E-state index is 0.0877. The number of nitro groups is 1. The van der Waals surface area contributed by atoms with E-state index in [4.69, 9.17) is 5.26 Å². The second-order valence-corrected chi connectivity index (χ2v) is 2.94. The molecule has 0 bridgehead atoms. The van der Waals surface area contributed by atoms with Crippen molar-refractivity contribution in [3.63, 3.8) is 0 Å². The average Bonchev–Trinajstić information content (AvgIpc) is 2.29. The lowest BCUT2D eigenvalue weighted by molar-refractivity contribution is -0.385. The minimum Gasteiger partial charge on any atom is -0.258 e. The van der Waals surface area contributed by atoms with Crippen LogP contribution in [-0.4, -0.2) is 9.91 Å². The van der Waals surface area contributed by atoms with Crippen LogP contribution in [-0.2, 0) is 0 Å². The van der Waals surface area contributed by atoms with Crippen molar-refractivity contribution in [2.75, 3.05) is 0 Å². The smallest absolute Gasteiger partial charge is 0.258 e. The monoisotopic (exact) mass is 215 g/mol. The lowest BCUT2D eigenvalue weighted by Crippen LogP contribution is -1.93. The number of unbranched alkanes of at least 4 members (excludes halogenated alkanes) is 2. The van der Waals surface area contributed by atoms with Crippen molar-refractivity contribution in [1.82, 2.24) is 4.98 Å². The zero-order valence-corrected chi connectivity index (χ0v) is 8.51. The molecule has 0 aliphatic rings. The predicted octanol–water partition coefficient (Wildman–Crippen LogP) is 2.04. The van der Waals surface area contributed by atoms with E-state index in [2.05, 4.69) is 16.8 Å². The molecule has 0 atom stereocenters. The molecule has 80 valence electrons. The third-order valence-electron chi connectivity index (χ3n) is 1.78. The number of rotatable bonds is 3. The van der Waals surface area contributed by atoms with Crippen molar-refractivity contribution in [1.29, 1.82) is 5.26 Å². The Labute approximate surface area is 92.9 Å². The molecular weight excluding hydrogens is 206 g/mol. The van der Waals surface area contributed by atoms with Gasteiger partial charge in [-0.15, -0.1) is 0 Å². The summed E-state index contributed by atoms with van der Waals surface area (Å²) < 4.78 is 0. The molecule has 0 aromatic carbocycles. The van der Waals surface area contributed by atoms with Gasteiger partial charge in [0.1, 0.15) is 0 Å². The fourth-order valence-corrected chi connectivity index (χ4v) is 1.04. The summed E-state index contributed by atoms with van der Waals surface area (Å²) in [6.07, 6.45) is 3.12. The highest BCUT2D eigenvalue weighted by Gasteiger charge is 2.10. The second-order valence-electron chi connectivity index (χ2n) is 2.94. The highest BCUT2D eigenvalue weighted by molar-refractivity contribution is 5.45. The van der Waals surface area contributed by atoms with Crippen molar-refractivity contribution in [3.05, 3.63) is 34.1 Å². The Balaban J connectivity index is 2.73. The van der Waals surface area contributed by atoms with Crippen LogP contribution in [0, 0.1) is 33.3 Å². The molecule has 0 saturated heterocycles. The fraction of sp³-hybridized carbons (Fsp3) is 0.273. The van der Waals surface area contributed by atoms with Crippen LogP contribution < -0.4 is 0 Å². The molecule has 16 heavy (non-hydrogen) atoms. The molecule has 1 aromatic rings. The lowest BCUT2D eigenvalue weighted by atomic mass is 10.2. The molecule has 0 fully saturated rings. The molecule has 0 aliphatic heterocycles. The largest absolute Gasteiger partial charge is 0.303 e. The van der Waals surface area contributed by atoms with Gasteiger partial charge < -0.3 is 0 Å². The van der Waals surface area contributed by atoms with Crippen LogP contribution in [0.3, 0.4) is 0 Å². The highest BCUT2D eigenvalue weighted by Crippen LogP contribution is 2.13. The van der Waals surface area contributed by atoms with E-state index in [0.29, 0.717) is 19.3 Å². The number of hydrogen-bond donors (Lipinski definition) is 0. The van der Waals surface area contributed by atoms with Gasteiger partial charge in [-0.2, -0.15) is 5.26 Å². The molecule has 1 rings (SSSR count). The van der Waals surface area contributed by atoms with Gasteiger partial charge in [0, 0.05) is 25.1 Å². The van der Waals surface area contributed by atoms with Gasteiger partial charge in [-0.05, 0) is 18.4 Å². The van der Waals surface area contributed by atoms with Gasteiger partial charge in [0.15, 0.2) is 5.69 Å². The molecule has 0 saturated carbocycles. The number of nitriles is 1. The van der Waals surface area contributed by atoms with Gasteiger partial charge in [0.05, 0.1) is 11.0 Å². The molecule has 1 aromatic heterocycles. The fourth-order valence-electron chi connectivity index (χ4n) is 1.04. The number of aromatic nitrogens is 1. The molecule has 0 aliphatic carbocycles. The van der Waals surface area contributed by atoms with Gasteiger partial charge in [0.25, 0.3) is 0 Å². The number of hydrogen-bond acceptors (Lipinski definition) is 4. The Morgan fingerprint density at radius 3 is 3.00 bits per heavy atom. The van der Waals surface area contributed by atoms with E-state index in [9.17, 15) is 10.1 Å². The maximum atomic E-state index is 10.6. The summed E-state index contributed by atoms with van der Waals surface area (Å²) in [6, 6.07) is 4.87. The Morgan fingerprint density at radius 1 is 1.50 bits per heavy atom. The van der Waals surface area contributed by atoms with Crippen LogP contribution in [0.4, 0.5) is 5.69 Å². The zero-order chi connectivity index (χ0) is 11.8. The zero-order valence-electron chi connectivity index (χ0n) is 8.51. The van der Waals surface area contributed by atoms with Gasteiger partial charge in [0.2, 0.25) is 0 Å². The van der Waals surface area contributed by atoms with E-state index in [1.54, 1.807) is 0 Å². The van der Waals surface area contributed by atoms with E-state index in [0.717, 1.165) is 0 Å². The Bertz CT molecular complexity index is 480. The van der Waals surface area contributed by atoms with Crippen LogP contribution in [0.2, 0.25) is 0 Å². The Kier molecular flexibility index (Phi) is 4.49. The van der Waals surface area contributed by atoms with Crippen LogP contribution in [0.15, 0.2) is 18.3 Å². The first-order valence-electron chi connectivity index (χ1n) is 4.71. The summed E-state index contributed by atoms with van der Waals surface area (Å²) in [5.74, 6) is 5.41. The molecule has 1 heterocycles. The molecule has 0 unspecified atom stereocenters. The SMILES string of the molecule is N#CCCCC#Cc1ncccc1[N+](=O)[O-]. The van der Waals surface area contributed by atoms with Crippen molar-refractivity contribution in [2.24, 2.45) is 0 Å². The van der Waals surface area contributed by atoms with Crippen molar-refractivity contribution in [3.8, 4) is 17.9 Å². The van der Waals surface area contributed by atoms with Crippen LogP contribution >= 0.6 is 0 Å². The first-order valence-corrected chi connectivity index (χ1v) is 4.71. The first kappa shape index (κ1) is 11.7. The molecule has 0 amide bonds. The maximum absolute atomic E-state index is 10.6. The van der Waals surface area contributed by atoms with Gasteiger partial charge in [-0.3, -0.25) is 10.1 Å². The van der Waals surface area contributed by atoms with E-state index in [1.165, 1.54) is 18.3 Å². The first-order chi connectivity index (χ1) is 7.75. The minimum atomic E-state index is -0.508. The van der Waals surface area contributed by atoms with Crippen LogP contribution in [0.25, 0.3) is 0 Å². The topological polar surface area (TPSA) is 79.8 Å². The van der Waals surface area contributed by atoms with E-state index in [1.807, 2.05) is 6.07 Å². The standard InChI is InChI=1S/C11H9N3O2/c12-8-4-2-1-3-6-10-11(14(15)16)7-5-9-13-10/h5,7,9H,1-2,4H2. The second kappa shape index (κ2) is 6.15. The number of nitrogens with zero attached hydrogens (tertiary/aromatic N) is 3. The van der Waals surface area contributed by atoms with Crippen molar-refractivity contribution < 1.29 is 4.92 Å². The van der Waals surface area contributed by atoms with Crippen molar-refractivity contribution >= 4 is 5.69 Å². The molecule has 5 nitrogen and oxygen atoms in total.